The van der Waals surface area contributed by atoms with Crippen LogP contribution in [0, 0.1) is 3.70 Å². The molecular weight excluding hydrogens is 411 g/mol. The molecule has 0 aliphatic rings. The molecule has 20 heavy (non-hydrogen) atoms. The summed E-state index contributed by atoms with van der Waals surface area (Å²) in [7, 11) is 0.806. The molecule has 0 saturated carbocycles. The van der Waals surface area contributed by atoms with Crippen LogP contribution in [0.2, 0.25) is 0 Å². The molecule has 0 saturated heterocycles. The van der Waals surface area contributed by atoms with Crippen LogP contribution < -0.4 is 4.74 Å². The topological polar surface area (TPSA) is 48.4 Å². The zero-order chi connectivity index (χ0) is 15.7. The number of hydrogen-bond acceptors (Lipinski definition) is 4. The van der Waals surface area contributed by atoms with Crippen LogP contribution in [0.1, 0.15) is 16.1 Å². The molecule has 4 nitrogen and oxygen atoms in total. The Morgan fingerprint density at radius 3 is 2.20 bits per heavy atom. The van der Waals surface area contributed by atoms with Crippen molar-refractivity contribution in [1.29, 1.82) is 0 Å². The Labute approximate surface area is 121 Å². The molecule has 0 aromatic carbocycles. The van der Waals surface area contributed by atoms with Crippen LogP contribution in [0.4, 0.5) is 26.3 Å². The molecule has 0 atom stereocenters. The maximum absolute atomic E-state index is 12.5. The van der Waals surface area contributed by atoms with Gasteiger partial charge in [-0.2, -0.15) is 13.2 Å². The van der Waals surface area contributed by atoms with Gasteiger partial charge in [0.05, 0.1) is 7.11 Å². The van der Waals surface area contributed by atoms with Crippen LogP contribution in [0.3, 0.4) is 0 Å². The summed E-state index contributed by atoms with van der Waals surface area (Å²) in [6, 6.07) is 0.134. The van der Waals surface area contributed by atoms with Crippen LogP contribution in [0.25, 0.3) is 0 Å². The van der Waals surface area contributed by atoms with Gasteiger partial charge >= 0.3 is 18.5 Å². The molecule has 0 unspecified atom stereocenters. The molecule has 0 spiro atoms. The SMILES string of the molecule is COC(=O)c1cc(C(F)(F)F)nc(I)c1OC(F)(F)F. The summed E-state index contributed by atoms with van der Waals surface area (Å²) in [6.45, 7) is 0. The first-order chi connectivity index (χ1) is 8.95. The second-order valence-electron chi connectivity index (χ2n) is 3.21. The van der Waals surface area contributed by atoms with E-state index in [2.05, 4.69) is 14.5 Å². The molecule has 0 aliphatic carbocycles. The molecule has 1 aromatic rings. The fourth-order valence-electron chi connectivity index (χ4n) is 1.12. The monoisotopic (exact) mass is 415 g/mol. The number of halogens is 7. The number of nitrogens with zero attached hydrogens (tertiary/aromatic N) is 1. The van der Waals surface area contributed by atoms with Gasteiger partial charge in [0.1, 0.15) is 15.0 Å². The van der Waals surface area contributed by atoms with E-state index < -0.39 is 39.2 Å². The molecule has 0 radical (unpaired) electrons. The molecule has 0 fully saturated rings. The lowest BCUT2D eigenvalue weighted by molar-refractivity contribution is -0.275. The zero-order valence-corrected chi connectivity index (χ0v) is 11.6. The number of esters is 1. The summed E-state index contributed by atoms with van der Waals surface area (Å²) in [6.07, 6.45) is -10.1. The lowest BCUT2D eigenvalue weighted by atomic mass is 10.2. The van der Waals surface area contributed by atoms with Crippen molar-refractivity contribution in [3.63, 3.8) is 0 Å². The second kappa shape index (κ2) is 5.61. The van der Waals surface area contributed by atoms with Crippen molar-refractivity contribution in [2.75, 3.05) is 7.11 Å². The summed E-state index contributed by atoms with van der Waals surface area (Å²) >= 11 is 1.10. The summed E-state index contributed by atoms with van der Waals surface area (Å²) in [4.78, 5) is 14.2. The van der Waals surface area contributed by atoms with E-state index in [4.69, 9.17) is 0 Å². The molecule has 0 aliphatic heterocycles. The highest BCUT2D eigenvalue weighted by Crippen LogP contribution is 2.36. The van der Waals surface area contributed by atoms with Gasteiger partial charge in [0.2, 0.25) is 0 Å². The van der Waals surface area contributed by atoms with Crippen molar-refractivity contribution in [3.8, 4) is 5.75 Å². The molecule has 112 valence electrons. The summed E-state index contributed by atoms with van der Waals surface area (Å²) in [5, 5.41) is 0. The quantitative estimate of drug-likeness (QED) is 0.322. The molecule has 1 heterocycles. The van der Waals surface area contributed by atoms with Gasteiger partial charge < -0.3 is 9.47 Å². The third-order valence-corrected chi connectivity index (χ3v) is 2.58. The Hall–Kier alpha value is -1.27. The number of carbonyl (C=O) groups is 1. The Morgan fingerprint density at radius 1 is 1.25 bits per heavy atom. The van der Waals surface area contributed by atoms with Crippen molar-refractivity contribution in [1.82, 2.24) is 4.98 Å². The molecule has 0 N–H and O–H groups in total. The van der Waals surface area contributed by atoms with E-state index in [9.17, 15) is 31.1 Å². The van der Waals surface area contributed by atoms with Crippen molar-refractivity contribution in [2.45, 2.75) is 12.5 Å². The molecule has 0 amide bonds. The Balaban J connectivity index is 3.47. The van der Waals surface area contributed by atoms with Crippen LogP contribution >= 0.6 is 22.6 Å². The van der Waals surface area contributed by atoms with E-state index in [1.165, 1.54) is 0 Å². The summed E-state index contributed by atoms with van der Waals surface area (Å²) in [5.74, 6) is -2.55. The predicted octanol–water partition coefficient (Wildman–Crippen LogP) is 3.39. The van der Waals surface area contributed by atoms with Gasteiger partial charge in [0.15, 0.2) is 5.75 Å². The van der Waals surface area contributed by atoms with E-state index in [1.54, 1.807) is 0 Å². The molecular formula is C9H4F6INO3. The number of pyridine rings is 1. The first-order valence-electron chi connectivity index (χ1n) is 4.57. The average molecular weight is 415 g/mol. The van der Waals surface area contributed by atoms with Crippen LogP contribution in [0.5, 0.6) is 5.75 Å². The Morgan fingerprint density at radius 2 is 1.80 bits per heavy atom. The summed E-state index contributed by atoms with van der Waals surface area (Å²) < 4.78 is 80.9. The van der Waals surface area contributed by atoms with Gasteiger partial charge in [0.25, 0.3) is 0 Å². The normalized spacial score (nSPS) is 12.2. The molecule has 0 bridgehead atoms. The maximum atomic E-state index is 12.5. The lowest BCUT2D eigenvalue weighted by Crippen LogP contribution is -2.22. The highest BCUT2D eigenvalue weighted by molar-refractivity contribution is 14.1. The number of ether oxygens (including phenoxy) is 2. The minimum absolute atomic E-state index is 0.134. The number of alkyl halides is 6. The maximum Gasteiger partial charge on any atom is 0.573 e. The van der Waals surface area contributed by atoms with Crippen LogP contribution in [-0.2, 0) is 10.9 Å². The fourth-order valence-corrected chi connectivity index (χ4v) is 1.78. The highest BCUT2D eigenvalue weighted by Gasteiger charge is 2.39. The zero-order valence-electron chi connectivity index (χ0n) is 9.40. The minimum Gasteiger partial charge on any atom is -0.465 e. The van der Waals surface area contributed by atoms with Gasteiger partial charge in [-0.25, -0.2) is 9.78 Å². The van der Waals surface area contributed by atoms with Crippen LogP contribution in [-0.4, -0.2) is 24.4 Å². The fraction of sp³-hybridized carbons (Fsp3) is 0.333. The van der Waals surface area contributed by atoms with Crippen LogP contribution in [0.15, 0.2) is 6.07 Å². The number of methoxy groups -OCH3 is 1. The Kier molecular flexibility index (Phi) is 4.71. The largest absolute Gasteiger partial charge is 0.573 e. The molecule has 1 rings (SSSR count). The van der Waals surface area contributed by atoms with Crippen molar-refractivity contribution >= 4 is 28.6 Å². The first kappa shape index (κ1) is 16.8. The third-order valence-electron chi connectivity index (χ3n) is 1.85. The van der Waals surface area contributed by atoms with E-state index in [0.29, 0.717) is 0 Å². The van der Waals surface area contributed by atoms with E-state index in [-0.39, 0.29) is 6.07 Å². The van der Waals surface area contributed by atoms with Gasteiger partial charge in [-0.05, 0) is 28.7 Å². The molecule has 1 aromatic heterocycles. The van der Waals surface area contributed by atoms with Gasteiger partial charge in [0, 0.05) is 0 Å². The van der Waals surface area contributed by atoms with Gasteiger partial charge in [-0.3, -0.25) is 0 Å². The first-order valence-corrected chi connectivity index (χ1v) is 5.65. The van der Waals surface area contributed by atoms with Gasteiger partial charge in [-0.15, -0.1) is 13.2 Å². The van der Waals surface area contributed by atoms with E-state index in [1.807, 2.05) is 0 Å². The third kappa shape index (κ3) is 4.11. The van der Waals surface area contributed by atoms with Crippen molar-refractivity contribution in [2.24, 2.45) is 0 Å². The van der Waals surface area contributed by atoms with Crippen molar-refractivity contribution in [3.05, 3.63) is 21.0 Å². The predicted molar refractivity (Wildman–Crippen MR) is 60.0 cm³/mol. The smallest absolute Gasteiger partial charge is 0.465 e. The highest BCUT2D eigenvalue weighted by atomic mass is 127. The van der Waals surface area contributed by atoms with Crippen molar-refractivity contribution < 1.29 is 40.6 Å². The summed E-state index contributed by atoms with van der Waals surface area (Å²) in [5.41, 5.74) is -2.55. The molecule has 11 heteroatoms. The number of carbonyl (C=O) groups excluding carboxylic acids is 1. The minimum atomic E-state index is -5.19. The number of hydrogen-bond donors (Lipinski definition) is 0. The number of rotatable bonds is 2. The standard InChI is InChI=1S/C9H4F6INO3/c1-19-7(18)3-2-4(8(10,11)12)17-6(16)5(3)20-9(13,14)15/h2H,1H3. The van der Waals surface area contributed by atoms with E-state index >= 15 is 0 Å². The van der Waals surface area contributed by atoms with E-state index in [0.717, 1.165) is 29.7 Å². The average Bonchev–Trinajstić information content (AvgIpc) is 2.27. The Bertz CT molecular complexity index is 528. The second-order valence-corrected chi connectivity index (χ2v) is 4.23. The van der Waals surface area contributed by atoms with Gasteiger partial charge in [-0.1, -0.05) is 0 Å². The number of aromatic nitrogens is 1. The lowest BCUT2D eigenvalue weighted by Gasteiger charge is -2.15.